The smallest absolute Gasteiger partial charge is 0.288 e. The van der Waals surface area contributed by atoms with Crippen molar-refractivity contribution in [3.8, 4) is 5.75 Å². The average Bonchev–Trinajstić information content (AvgIpc) is 2.46. The fraction of sp³-hybridized carbons (Fsp3) is 0.353. The minimum absolute atomic E-state index is 0.0169. The SMILES string of the molecule is Cc1cc(C)cc(OCC(O)Cn2cc([N+](=O)[O-])c(C)cc2=O)c1. The molecular formula is C17H20N2O5. The van der Waals surface area contributed by atoms with Crippen molar-refractivity contribution in [3.05, 3.63) is 67.6 Å². The number of benzene rings is 1. The van der Waals surface area contributed by atoms with Gasteiger partial charge in [0, 0.05) is 11.6 Å². The highest BCUT2D eigenvalue weighted by molar-refractivity contribution is 5.36. The van der Waals surface area contributed by atoms with Gasteiger partial charge in [0.25, 0.3) is 11.2 Å². The predicted octanol–water partition coefficient (Wildman–Crippen LogP) is 2.12. The Hall–Kier alpha value is -2.67. The van der Waals surface area contributed by atoms with Gasteiger partial charge in [-0.15, -0.1) is 0 Å². The van der Waals surface area contributed by atoms with Crippen molar-refractivity contribution >= 4 is 5.69 Å². The zero-order valence-corrected chi connectivity index (χ0v) is 13.9. The molecular weight excluding hydrogens is 312 g/mol. The second-order valence-electron chi connectivity index (χ2n) is 5.88. The summed E-state index contributed by atoms with van der Waals surface area (Å²) in [6.07, 6.45) is 0.184. The van der Waals surface area contributed by atoms with E-state index < -0.39 is 16.6 Å². The Morgan fingerprint density at radius 3 is 2.42 bits per heavy atom. The first-order valence-electron chi connectivity index (χ1n) is 7.51. The molecule has 128 valence electrons. The van der Waals surface area contributed by atoms with Crippen molar-refractivity contribution in [1.29, 1.82) is 0 Å². The Balaban J connectivity index is 2.07. The molecule has 0 aliphatic heterocycles. The van der Waals surface area contributed by atoms with E-state index in [9.17, 15) is 20.0 Å². The lowest BCUT2D eigenvalue weighted by Crippen LogP contribution is -2.30. The summed E-state index contributed by atoms with van der Waals surface area (Å²) in [5.41, 5.74) is 1.83. The molecule has 0 saturated heterocycles. The standard InChI is InChI=1S/C17H20N2O5/c1-11-4-12(2)6-15(5-11)24-10-14(20)8-18-9-16(19(22)23)13(3)7-17(18)21/h4-7,9,14,20H,8,10H2,1-3H3. The maximum absolute atomic E-state index is 11.9. The Morgan fingerprint density at radius 2 is 1.83 bits per heavy atom. The maximum Gasteiger partial charge on any atom is 0.288 e. The molecule has 1 aromatic heterocycles. The van der Waals surface area contributed by atoms with Crippen LogP contribution < -0.4 is 10.3 Å². The molecule has 7 nitrogen and oxygen atoms in total. The number of aromatic nitrogens is 1. The van der Waals surface area contributed by atoms with E-state index in [2.05, 4.69) is 0 Å². The zero-order valence-electron chi connectivity index (χ0n) is 13.9. The van der Waals surface area contributed by atoms with Gasteiger partial charge in [-0.2, -0.15) is 0 Å². The molecule has 0 aliphatic carbocycles. The Morgan fingerprint density at radius 1 is 1.21 bits per heavy atom. The number of aliphatic hydroxyl groups excluding tert-OH is 1. The highest BCUT2D eigenvalue weighted by atomic mass is 16.6. The van der Waals surface area contributed by atoms with Crippen LogP contribution in [0.1, 0.15) is 16.7 Å². The lowest BCUT2D eigenvalue weighted by molar-refractivity contribution is -0.386. The number of nitrogens with zero attached hydrogens (tertiary/aromatic N) is 2. The Labute approximate surface area is 139 Å². The molecule has 0 fully saturated rings. The van der Waals surface area contributed by atoms with E-state index in [0.29, 0.717) is 11.3 Å². The third kappa shape index (κ3) is 4.42. The number of hydrogen-bond acceptors (Lipinski definition) is 5. The van der Waals surface area contributed by atoms with Crippen LogP contribution in [-0.2, 0) is 6.54 Å². The molecule has 1 atom stereocenters. The number of rotatable bonds is 6. The summed E-state index contributed by atoms with van der Waals surface area (Å²) >= 11 is 0. The summed E-state index contributed by atoms with van der Waals surface area (Å²) < 4.78 is 6.67. The largest absolute Gasteiger partial charge is 0.491 e. The predicted molar refractivity (Wildman–Crippen MR) is 89.5 cm³/mol. The van der Waals surface area contributed by atoms with Gasteiger partial charge in [-0.3, -0.25) is 14.9 Å². The summed E-state index contributed by atoms with van der Waals surface area (Å²) in [6.45, 7) is 5.30. The third-order valence-corrected chi connectivity index (χ3v) is 3.55. The molecule has 1 unspecified atom stereocenters. The summed E-state index contributed by atoms with van der Waals surface area (Å²) in [5.74, 6) is 0.633. The van der Waals surface area contributed by atoms with Gasteiger partial charge in [0.2, 0.25) is 0 Å². The molecule has 2 rings (SSSR count). The van der Waals surface area contributed by atoms with Crippen LogP contribution in [0.5, 0.6) is 5.75 Å². The van der Waals surface area contributed by atoms with E-state index in [0.717, 1.165) is 21.9 Å². The minimum atomic E-state index is -0.967. The molecule has 1 aromatic carbocycles. The minimum Gasteiger partial charge on any atom is -0.491 e. The fourth-order valence-electron chi connectivity index (χ4n) is 2.48. The van der Waals surface area contributed by atoms with E-state index >= 15 is 0 Å². The summed E-state index contributed by atoms with van der Waals surface area (Å²) in [7, 11) is 0. The summed E-state index contributed by atoms with van der Waals surface area (Å²) in [6, 6.07) is 6.90. The first-order valence-corrected chi connectivity index (χ1v) is 7.51. The molecule has 1 N–H and O–H groups in total. The van der Waals surface area contributed by atoms with Crippen LogP contribution >= 0.6 is 0 Å². The normalized spacial score (nSPS) is 12.0. The number of hydrogen-bond donors (Lipinski definition) is 1. The fourth-order valence-corrected chi connectivity index (χ4v) is 2.48. The van der Waals surface area contributed by atoms with Gasteiger partial charge in [-0.25, -0.2) is 0 Å². The number of aliphatic hydroxyl groups is 1. The Kier molecular flexibility index (Phi) is 5.35. The van der Waals surface area contributed by atoms with Crippen molar-refractivity contribution in [3.63, 3.8) is 0 Å². The van der Waals surface area contributed by atoms with E-state index in [1.807, 2.05) is 32.0 Å². The van der Waals surface area contributed by atoms with Crippen LogP contribution in [0.25, 0.3) is 0 Å². The molecule has 2 aromatic rings. The maximum atomic E-state index is 11.9. The second-order valence-corrected chi connectivity index (χ2v) is 5.88. The molecule has 1 heterocycles. The van der Waals surface area contributed by atoms with Crippen LogP contribution in [0.3, 0.4) is 0 Å². The molecule has 0 spiro atoms. The van der Waals surface area contributed by atoms with E-state index in [1.54, 1.807) is 0 Å². The lowest BCUT2D eigenvalue weighted by atomic mass is 10.1. The topological polar surface area (TPSA) is 94.6 Å². The van der Waals surface area contributed by atoms with E-state index in [4.69, 9.17) is 4.74 Å². The van der Waals surface area contributed by atoms with E-state index in [-0.39, 0.29) is 18.8 Å². The number of nitro groups is 1. The quantitative estimate of drug-likeness (QED) is 0.646. The van der Waals surface area contributed by atoms with Gasteiger partial charge < -0.3 is 14.4 Å². The van der Waals surface area contributed by atoms with Gasteiger partial charge in [-0.1, -0.05) is 6.07 Å². The number of aryl methyl sites for hydroxylation is 3. The summed E-state index contributed by atoms with van der Waals surface area (Å²) in [4.78, 5) is 22.3. The molecule has 24 heavy (non-hydrogen) atoms. The molecule has 0 amide bonds. The van der Waals surface area contributed by atoms with Gasteiger partial charge in [-0.05, 0) is 44.0 Å². The lowest BCUT2D eigenvalue weighted by Gasteiger charge is -2.15. The zero-order chi connectivity index (χ0) is 17.9. The molecule has 0 aliphatic rings. The van der Waals surface area contributed by atoms with Gasteiger partial charge in [0.05, 0.1) is 17.7 Å². The van der Waals surface area contributed by atoms with Crippen LogP contribution in [0.2, 0.25) is 0 Å². The molecule has 7 heteroatoms. The first kappa shape index (κ1) is 17.7. The molecule has 0 bridgehead atoms. The number of pyridine rings is 1. The van der Waals surface area contributed by atoms with Crippen molar-refractivity contribution < 1.29 is 14.8 Å². The highest BCUT2D eigenvalue weighted by Crippen LogP contribution is 2.17. The summed E-state index contributed by atoms with van der Waals surface area (Å²) in [5, 5.41) is 21.0. The first-order chi connectivity index (χ1) is 11.3. The average molecular weight is 332 g/mol. The second kappa shape index (κ2) is 7.27. The number of ether oxygens (including phenoxy) is 1. The van der Waals surface area contributed by atoms with Gasteiger partial charge in [0.15, 0.2) is 0 Å². The molecule has 0 saturated carbocycles. The third-order valence-electron chi connectivity index (χ3n) is 3.55. The van der Waals surface area contributed by atoms with Gasteiger partial charge in [0.1, 0.15) is 18.5 Å². The van der Waals surface area contributed by atoms with Crippen molar-refractivity contribution in [1.82, 2.24) is 4.57 Å². The highest BCUT2D eigenvalue weighted by Gasteiger charge is 2.15. The molecule has 0 radical (unpaired) electrons. The van der Waals surface area contributed by atoms with Crippen LogP contribution in [0.4, 0.5) is 5.69 Å². The van der Waals surface area contributed by atoms with Crippen molar-refractivity contribution in [2.75, 3.05) is 6.61 Å². The Bertz CT molecular complexity index is 793. The monoisotopic (exact) mass is 332 g/mol. The van der Waals surface area contributed by atoms with Gasteiger partial charge >= 0.3 is 0 Å². The van der Waals surface area contributed by atoms with Crippen molar-refractivity contribution in [2.24, 2.45) is 0 Å². The van der Waals surface area contributed by atoms with Crippen LogP contribution in [-0.4, -0.2) is 27.3 Å². The van der Waals surface area contributed by atoms with Crippen LogP contribution in [0.15, 0.2) is 35.3 Å². The van der Waals surface area contributed by atoms with E-state index in [1.165, 1.54) is 13.0 Å². The van der Waals surface area contributed by atoms with Crippen LogP contribution in [0, 0.1) is 30.9 Å². The van der Waals surface area contributed by atoms with Crippen molar-refractivity contribution in [2.45, 2.75) is 33.4 Å².